The van der Waals surface area contributed by atoms with Gasteiger partial charge in [-0.1, -0.05) is 35.9 Å². The van der Waals surface area contributed by atoms with Crippen molar-refractivity contribution in [2.24, 2.45) is 0 Å². The lowest BCUT2D eigenvalue weighted by molar-refractivity contribution is -0.0988. The molecule has 0 spiro atoms. The van der Waals surface area contributed by atoms with Crippen LogP contribution in [0.25, 0.3) is 10.8 Å². The van der Waals surface area contributed by atoms with Crippen LogP contribution in [0.4, 0.5) is 0 Å². The summed E-state index contributed by atoms with van der Waals surface area (Å²) in [4.78, 5) is 0. The molecule has 0 bridgehead atoms. The van der Waals surface area contributed by atoms with Gasteiger partial charge in [0.1, 0.15) is 0 Å². The van der Waals surface area contributed by atoms with E-state index in [0.717, 1.165) is 17.0 Å². The number of ether oxygens (including phenoxy) is 2. The highest BCUT2D eigenvalue weighted by atomic mass is 35.5. The van der Waals surface area contributed by atoms with Gasteiger partial charge in [0.15, 0.2) is 6.29 Å². The third-order valence-electron chi connectivity index (χ3n) is 3.06. The first-order chi connectivity index (χ1) is 9.24. The molecule has 0 aliphatic carbocycles. The van der Waals surface area contributed by atoms with Crippen LogP contribution in [0.5, 0.6) is 0 Å². The number of rotatable bonds is 6. The van der Waals surface area contributed by atoms with Gasteiger partial charge < -0.3 is 14.8 Å². The van der Waals surface area contributed by atoms with Crippen LogP contribution < -0.4 is 5.32 Å². The van der Waals surface area contributed by atoms with Crippen molar-refractivity contribution in [2.45, 2.75) is 12.8 Å². The largest absolute Gasteiger partial charge is 0.355 e. The minimum atomic E-state index is -0.231. The molecular formula is C15H18ClNO2. The van der Waals surface area contributed by atoms with Gasteiger partial charge in [-0.25, -0.2) is 0 Å². The lowest BCUT2D eigenvalue weighted by Gasteiger charge is -2.15. The number of benzene rings is 2. The summed E-state index contributed by atoms with van der Waals surface area (Å²) >= 11 is 6.14. The molecule has 102 valence electrons. The standard InChI is InChI=1S/C15H18ClNO2/c1-18-15(19-2)10-17-9-12-8-13(16)7-11-5-3-4-6-14(11)12/h3-8,15,17H,9-10H2,1-2H3. The lowest BCUT2D eigenvalue weighted by Crippen LogP contribution is -2.29. The molecule has 0 unspecified atom stereocenters. The van der Waals surface area contributed by atoms with Crippen molar-refractivity contribution >= 4 is 22.4 Å². The minimum absolute atomic E-state index is 0.231. The van der Waals surface area contributed by atoms with Crippen LogP contribution in [0.2, 0.25) is 5.02 Å². The van der Waals surface area contributed by atoms with Gasteiger partial charge in [0.05, 0.1) is 0 Å². The zero-order valence-corrected chi connectivity index (χ0v) is 11.9. The van der Waals surface area contributed by atoms with Crippen molar-refractivity contribution in [1.29, 1.82) is 0 Å². The van der Waals surface area contributed by atoms with Crippen LogP contribution in [-0.4, -0.2) is 27.1 Å². The molecule has 0 saturated carbocycles. The first kappa shape index (κ1) is 14.3. The van der Waals surface area contributed by atoms with E-state index in [1.54, 1.807) is 14.2 Å². The molecule has 0 fully saturated rings. The maximum atomic E-state index is 6.14. The Morgan fingerprint density at radius 3 is 2.63 bits per heavy atom. The van der Waals surface area contributed by atoms with Crippen LogP contribution in [0.1, 0.15) is 5.56 Å². The zero-order valence-electron chi connectivity index (χ0n) is 11.2. The number of fused-ring (bicyclic) bond motifs is 1. The lowest BCUT2D eigenvalue weighted by atomic mass is 10.0. The van der Waals surface area contributed by atoms with Crippen molar-refractivity contribution in [2.75, 3.05) is 20.8 Å². The molecule has 0 saturated heterocycles. The first-order valence-electron chi connectivity index (χ1n) is 6.18. The maximum Gasteiger partial charge on any atom is 0.169 e. The molecule has 0 heterocycles. The SMILES string of the molecule is COC(CNCc1cc(Cl)cc2ccccc12)OC. The zero-order chi connectivity index (χ0) is 13.7. The quantitative estimate of drug-likeness (QED) is 0.824. The van der Waals surface area contributed by atoms with Gasteiger partial charge in [-0.05, 0) is 28.5 Å². The van der Waals surface area contributed by atoms with Gasteiger partial charge in [0.2, 0.25) is 0 Å². The van der Waals surface area contributed by atoms with Crippen LogP contribution in [0.3, 0.4) is 0 Å². The Morgan fingerprint density at radius 2 is 1.89 bits per heavy atom. The van der Waals surface area contributed by atoms with E-state index in [4.69, 9.17) is 21.1 Å². The average molecular weight is 280 g/mol. The van der Waals surface area contributed by atoms with E-state index in [1.807, 2.05) is 24.3 Å². The molecular weight excluding hydrogens is 262 g/mol. The average Bonchev–Trinajstić information content (AvgIpc) is 2.43. The highest BCUT2D eigenvalue weighted by Gasteiger charge is 2.06. The maximum absolute atomic E-state index is 6.14. The topological polar surface area (TPSA) is 30.5 Å². The van der Waals surface area contributed by atoms with E-state index in [9.17, 15) is 0 Å². The number of methoxy groups -OCH3 is 2. The normalized spacial score (nSPS) is 11.4. The van der Waals surface area contributed by atoms with E-state index in [-0.39, 0.29) is 6.29 Å². The van der Waals surface area contributed by atoms with E-state index in [1.165, 1.54) is 10.9 Å². The molecule has 1 N–H and O–H groups in total. The Kier molecular flexibility index (Phi) is 5.16. The molecule has 0 radical (unpaired) electrons. The summed E-state index contributed by atoms with van der Waals surface area (Å²) in [6.45, 7) is 1.36. The molecule has 4 heteroatoms. The molecule has 0 amide bonds. The summed E-state index contributed by atoms with van der Waals surface area (Å²) in [6, 6.07) is 12.2. The first-order valence-corrected chi connectivity index (χ1v) is 6.56. The molecule has 2 rings (SSSR count). The van der Waals surface area contributed by atoms with Gasteiger partial charge in [-0.2, -0.15) is 0 Å². The van der Waals surface area contributed by atoms with Gasteiger partial charge in [0.25, 0.3) is 0 Å². The fourth-order valence-corrected chi connectivity index (χ4v) is 2.33. The second kappa shape index (κ2) is 6.87. The minimum Gasteiger partial charge on any atom is -0.355 e. The fourth-order valence-electron chi connectivity index (χ4n) is 2.08. The number of nitrogens with one attached hydrogen (secondary N) is 1. The van der Waals surface area contributed by atoms with E-state index in [0.29, 0.717) is 6.54 Å². The fraction of sp³-hybridized carbons (Fsp3) is 0.333. The molecule has 2 aromatic rings. The Balaban J connectivity index is 2.12. The Hall–Kier alpha value is -1.13. The monoisotopic (exact) mass is 279 g/mol. The van der Waals surface area contributed by atoms with Gasteiger partial charge in [-0.15, -0.1) is 0 Å². The Labute approximate surface area is 118 Å². The smallest absolute Gasteiger partial charge is 0.169 e. The third-order valence-corrected chi connectivity index (χ3v) is 3.28. The summed E-state index contributed by atoms with van der Waals surface area (Å²) in [5, 5.41) is 6.44. The van der Waals surface area contributed by atoms with Gasteiger partial charge >= 0.3 is 0 Å². The van der Waals surface area contributed by atoms with Crippen LogP contribution in [0, 0.1) is 0 Å². The third kappa shape index (κ3) is 3.67. The summed E-state index contributed by atoms with van der Waals surface area (Å²) in [7, 11) is 3.26. The van der Waals surface area contributed by atoms with Gasteiger partial charge in [-0.3, -0.25) is 0 Å². The molecule has 0 aliphatic heterocycles. The summed E-state index contributed by atoms with van der Waals surface area (Å²) in [5.41, 5.74) is 1.18. The second-order valence-corrected chi connectivity index (χ2v) is 4.75. The Bertz CT molecular complexity index is 541. The molecule has 2 aromatic carbocycles. The molecule has 0 aliphatic rings. The van der Waals surface area contributed by atoms with E-state index in [2.05, 4.69) is 17.4 Å². The number of halogens is 1. The predicted octanol–water partition coefficient (Wildman–Crippen LogP) is 3.20. The van der Waals surface area contributed by atoms with Crippen molar-refractivity contribution in [3.05, 3.63) is 47.0 Å². The second-order valence-electron chi connectivity index (χ2n) is 4.32. The van der Waals surface area contributed by atoms with Crippen LogP contribution >= 0.6 is 11.6 Å². The molecule has 0 atom stereocenters. The van der Waals surface area contributed by atoms with Crippen molar-refractivity contribution in [3.63, 3.8) is 0 Å². The van der Waals surface area contributed by atoms with Crippen LogP contribution in [0.15, 0.2) is 36.4 Å². The van der Waals surface area contributed by atoms with Crippen LogP contribution in [-0.2, 0) is 16.0 Å². The van der Waals surface area contributed by atoms with Crippen molar-refractivity contribution in [3.8, 4) is 0 Å². The number of hydrogen-bond acceptors (Lipinski definition) is 3. The summed E-state index contributed by atoms with van der Waals surface area (Å²) in [5.74, 6) is 0. The van der Waals surface area contributed by atoms with Crippen molar-refractivity contribution < 1.29 is 9.47 Å². The predicted molar refractivity (Wildman–Crippen MR) is 78.5 cm³/mol. The molecule has 0 aromatic heterocycles. The summed E-state index contributed by atoms with van der Waals surface area (Å²) in [6.07, 6.45) is -0.231. The highest BCUT2D eigenvalue weighted by Crippen LogP contribution is 2.23. The highest BCUT2D eigenvalue weighted by molar-refractivity contribution is 6.31. The summed E-state index contributed by atoms with van der Waals surface area (Å²) < 4.78 is 10.3. The van der Waals surface area contributed by atoms with Crippen molar-refractivity contribution in [1.82, 2.24) is 5.32 Å². The van der Waals surface area contributed by atoms with Gasteiger partial charge in [0, 0.05) is 32.3 Å². The van der Waals surface area contributed by atoms with E-state index >= 15 is 0 Å². The van der Waals surface area contributed by atoms with E-state index < -0.39 is 0 Å². The molecule has 3 nitrogen and oxygen atoms in total. The Morgan fingerprint density at radius 1 is 1.16 bits per heavy atom. The molecule has 19 heavy (non-hydrogen) atoms. The number of hydrogen-bond donors (Lipinski definition) is 1.